The van der Waals surface area contributed by atoms with Crippen LogP contribution in [-0.4, -0.2) is 73.5 Å². The summed E-state index contributed by atoms with van der Waals surface area (Å²) in [5.41, 5.74) is 33.1. The number of nitrogens with zero attached hydrogens (tertiary/aromatic N) is 9. The summed E-state index contributed by atoms with van der Waals surface area (Å²) >= 11 is 0. The van der Waals surface area contributed by atoms with Crippen LogP contribution >= 0.6 is 0 Å². The molecule has 12 rings (SSSR count). The maximum atomic E-state index is 12.4. The van der Waals surface area contributed by atoms with Crippen molar-refractivity contribution in [1.29, 1.82) is 0 Å². The molecule has 0 spiro atoms. The standard InChI is InChI=1S/2C19H18N4O.C14H10N4O2.C4H9N/c2*20-19-18-16(21-11-22-19)8-7-15(23-18)13-5-2-6-14(10-13)17(24)9-12-3-1-4-12;15-13-12-11(16-7-17-13)5-4-10(18-12)8-2-1-3-9(6-8)14(19)20;5-4-2-1-3-4/h2*2,5-8,10-12H,1,3-4,9H2,(H2,20,21,22);1-7H,(H,19,20)(H2,15,16,17);4H,1-3,5H2. The molecule has 3 aromatic carbocycles. The van der Waals surface area contributed by atoms with Gasteiger partial charge in [0.2, 0.25) is 0 Å². The van der Waals surface area contributed by atoms with Crippen molar-refractivity contribution in [3.63, 3.8) is 0 Å². The number of carboxylic acid groups (broad SMARTS) is 1. The van der Waals surface area contributed by atoms with Crippen LogP contribution in [0.2, 0.25) is 0 Å². The molecule has 3 aliphatic rings. The maximum Gasteiger partial charge on any atom is 0.335 e. The van der Waals surface area contributed by atoms with Crippen molar-refractivity contribution in [2.24, 2.45) is 17.6 Å². The van der Waals surface area contributed by atoms with E-state index in [0.717, 1.165) is 33.6 Å². The number of rotatable bonds is 10. The number of carbonyl (C=O) groups excluding carboxylic acids is 2. The molecule has 3 saturated carbocycles. The molecule has 0 radical (unpaired) electrons. The van der Waals surface area contributed by atoms with Crippen molar-refractivity contribution >= 4 is 68.1 Å². The summed E-state index contributed by atoms with van der Waals surface area (Å²) in [4.78, 5) is 73.7. The van der Waals surface area contributed by atoms with E-state index in [1.165, 1.54) is 82.8 Å². The molecule has 0 saturated heterocycles. The summed E-state index contributed by atoms with van der Waals surface area (Å²) in [6, 6.07) is 33.5. The van der Waals surface area contributed by atoms with Crippen LogP contribution < -0.4 is 22.9 Å². The third kappa shape index (κ3) is 12.1. The number of ketones is 2. The molecule has 6 aromatic heterocycles. The van der Waals surface area contributed by atoms with Gasteiger partial charge in [0.25, 0.3) is 0 Å². The van der Waals surface area contributed by atoms with E-state index in [-0.39, 0.29) is 17.1 Å². The quantitative estimate of drug-likeness (QED) is 0.0796. The molecule has 0 bridgehead atoms. The van der Waals surface area contributed by atoms with Gasteiger partial charge in [0, 0.05) is 46.7 Å². The summed E-state index contributed by atoms with van der Waals surface area (Å²) in [5.74, 6) is 1.60. The van der Waals surface area contributed by atoms with Crippen molar-refractivity contribution < 1.29 is 19.5 Å². The van der Waals surface area contributed by atoms with E-state index in [4.69, 9.17) is 28.0 Å². The van der Waals surface area contributed by atoms with Gasteiger partial charge in [0.1, 0.15) is 35.5 Å². The van der Waals surface area contributed by atoms with Crippen LogP contribution in [0.4, 0.5) is 17.5 Å². The Morgan fingerprint density at radius 2 is 0.781 bits per heavy atom. The molecular formula is C56H55N13O4. The smallest absolute Gasteiger partial charge is 0.335 e. The second-order valence-electron chi connectivity index (χ2n) is 18.6. The van der Waals surface area contributed by atoms with Crippen molar-refractivity contribution in [1.82, 2.24) is 44.9 Å². The van der Waals surface area contributed by atoms with Crippen LogP contribution in [0.25, 0.3) is 66.9 Å². The number of nitrogen functional groups attached to an aromatic ring is 3. The molecule has 3 fully saturated rings. The number of benzene rings is 3. The Balaban J connectivity index is 0.000000129. The normalized spacial score (nSPS) is 14.2. The third-order valence-electron chi connectivity index (χ3n) is 13.4. The van der Waals surface area contributed by atoms with Gasteiger partial charge in [0.15, 0.2) is 29.0 Å². The minimum Gasteiger partial charge on any atom is -0.478 e. The second kappa shape index (κ2) is 22.6. The average Bonchev–Trinajstić information content (AvgIpc) is 3.38. The monoisotopic (exact) mass is 973 g/mol. The van der Waals surface area contributed by atoms with Crippen LogP contribution in [0.1, 0.15) is 102 Å². The van der Waals surface area contributed by atoms with Gasteiger partial charge in [-0.1, -0.05) is 93.5 Å². The fourth-order valence-electron chi connectivity index (χ4n) is 8.47. The zero-order valence-electron chi connectivity index (χ0n) is 40.1. The minimum absolute atomic E-state index is 0.210. The van der Waals surface area contributed by atoms with Gasteiger partial charge < -0.3 is 28.0 Å². The predicted octanol–water partition coefficient (Wildman–Crippen LogP) is 9.76. The summed E-state index contributed by atoms with van der Waals surface area (Å²) in [5, 5.41) is 9.01. The fraction of sp³-hybridized carbons (Fsp3) is 0.250. The van der Waals surface area contributed by atoms with E-state index in [1.807, 2.05) is 72.8 Å². The number of carbonyl (C=O) groups is 3. The van der Waals surface area contributed by atoms with Crippen LogP contribution in [0.3, 0.4) is 0 Å². The number of Topliss-reactive ketones (excluding diaryl/α,β-unsaturated/α-hetero) is 2. The van der Waals surface area contributed by atoms with E-state index < -0.39 is 5.97 Å². The van der Waals surface area contributed by atoms with Gasteiger partial charge >= 0.3 is 5.97 Å². The number of pyridine rings is 3. The summed E-state index contributed by atoms with van der Waals surface area (Å²) in [7, 11) is 0. The Hall–Kier alpha value is -8.70. The highest BCUT2D eigenvalue weighted by molar-refractivity contribution is 5.98. The topological polar surface area (TPSA) is 292 Å². The predicted molar refractivity (Wildman–Crippen MR) is 283 cm³/mol. The van der Waals surface area contributed by atoms with Crippen LogP contribution in [0.15, 0.2) is 128 Å². The van der Waals surface area contributed by atoms with Crippen LogP contribution in [-0.2, 0) is 0 Å². The molecular weight excluding hydrogens is 919 g/mol. The van der Waals surface area contributed by atoms with E-state index in [0.29, 0.717) is 92.5 Å². The number of hydrogen-bond acceptors (Lipinski definition) is 16. The lowest BCUT2D eigenvalue weighted by molar-refractivity contribution is 0.0696. The number of hydrogen-bond donors (Lipinski definition) is 5. The van der Waals surface area contributed by atoms with Gasteiger partial charge in [-0.3, -0.25) is 9.59 Å². The molecule has 0 unspecified atom stereocenters. The first kappa shape index (κ1) is 49.3. The molecule has 17 nitrogen and oxygen atoms in total. The lowest BCUT2D eigenvalue weighted by Gasteiger charge is -2.24. The zero-order valence-corrected chi connectivity index (χ0v) is 40.1. The fourth-order valence-corrected chi connectivity index (χ4v) is 8.47. The van der Waals surface area contributed by atoms with E-state index in [1.54, 1.807) is 30.3 Å². The van der Waals surface area contributed by atoms with Crippen molar-refractivity contribution in [2.75, 3.05) is 17.2 Å². The lowest BCUT2D eigenvalue weighted by atomic mass is 9.81. The number of aromatic carboxylic acids is 1. The van der Waals surface area contributed by atoms with Gasteiger partial charge in [0.05, 0.1) is 39.2 Å². The van der Waals surface area contributed by atoms with Gasteiger partial charge in [-0.15, -0.1) is 0 Å². The number of nitrogens with two attached hydrogens (primary N) is 4. The van der Waals surface area contributed by atoms with Crippen LogP contribution in [0.5, 0.6) is 0 Å². The molecule has 9 N–H and O–H groups in total. The lowest BCUT2D eigenvalue weighted by Crippen LogP contribution is -2.27. The molecule has 368 valence electrons. The SMILES string of the molecule is NC1CCC1.Nc1ncnc2ccc(-c3cccc(C(=O)CC4CCC4)c3)nc12.Nc1ncnc2ccc(-c3cccc(C(=O)CC4CCC4)c3)nc12.Nc1ncnc2ccc(-c3cccc(C(=O)O)c3)nc12. The van der Waals surface area contributed by atoms with Crippen molar-refractivity contribution in [3.05, 3.63) is 145 Å². The molecule has 9 aromatic rings. The van der Waals surface area contributed by atoms with E-state index >= 15 is 0 Å². The molecule has 17 heteroatoms. The first-order valence-electron chi connectivity index (χ1n) is 24.4. The Bertz CT molecular complexity index is 3320. The van der Waals surface area contributed by atoms with E-state index in [2.05, 4.69) is 44.9 Å². The Morgan fingerprint density at radius 1 is 0.452 bits per heavy atom. The summed E-state index contributed by atoms with van der Waals surface area (Å²) in [6.07, 6.45) is 16.6. The Labute approximate surface area is 421 Å². The highest BCUT2D eigenvalue weighted by atomic mass is 16.4. The molecule has 73 heavy (non-hydrogen) atoms. The highest BCUT2D eigenvalue weighted by Gasteiger charge is 2.23. The van der Waals surface area contributed by atoms with E-state index in [9.17, 15) is 14.4 Å². The highest BCUT2D eigenvalue weighted by Crippen LogP contribution is 2.33. The molecule has 0 aliphatic heterocycles. The molecule has 3 aliphatic carbocycles. The number of anilines is 3. The first-order chi connectivity index (χ1) is 35.4. The van der Waals surface area contributed by atoms with Crippen molar-refractivity contribution in [2.45, 2.75) is 76.7 Å². The van der Waals surface area contributed by atoms with Gasteiger partial charge in [-0.05, 0) is 85.3 Å². The third-order valence-corrected chi connectivity index (χ3v) is 13.4. The van der Waals surface area contributed by atoms with Gasteiger partial charge in [-0.2, -0.15) is 0 Å². The van der Waals surface area contributed by atoms with Crippen LogP contribution in [0, 0.1) is 11.8 Å². The average molecular weight is 974 g/mol. The maximum absolute atomic E-state index is 12.4. The zero-order chi connectivity index (χ0) is 50.8. The first-order valence-corrected chi connectivity index (χ1v) is 24.4. The summed E-state index contributed by atoms with van der Waals surface area (Å²) in [6.45, 7) is 0. The van der Waals surface area contributed by atoms with Gasteiger partial charge in [-0.25, -0.2) is 49.7 Å². The largest absolute Gasteiger partial charge is 0.478 e. The molecule has 0 atom stereocenters. The Morgan fingerprint density at radius 3 is 1.08 bits per heavy atom. The molecule has 6 heterocycles. The second-order valence-corrected chi connectivity index (χ2v) is 18.6. The molecule has 0 amide bonds. The minimum atomic E-state index is -0.976. The number of aromatic nitrogens is 9. The van der Waals surface area contributed by atoms with Crippen molar-refractivity contribution in [3.8, 4) is 33.8 Å². The number of fused-ring (bicyclic) bond motifs is 3. The number of carboxylic acids is 1. The summed E-state index contributed by atoms with van der Waals surface area (Å²) < 4.78 is 0. The Kier molecular flexibility index (Phi) is 15.2.